The van der Waals surface area contributed by atoms with Gasteiger partial charge in [-0.3, -0.25) is 0 Å². The third kappa shape index (κ3) is 1.55. The van der Waals surface area contributed by atoms with Gasteiger partial charge in [0.15, 0.2) is 0 Å². The Morgan fingerprint density at radius 1 is 0.800 bits per heavy atom. The maximum atomic E-state index is 5.29. The van der Waals surface area contributed by atoms with Crippen molar-refractivity contribution in [3.63, 3.8) is 0 Å². The zero-order chi connectivity index (χ0) is 7.40. The molecule has 0 heteroatoms. The van der Waals surface area contributed by atoms with Gasteiger partial charge in [-0.05, 0) is 25.7 Å². The van der Waals surface area contributed by atoms with Gasteiger partial charge >= 0.3 is 0 Å². The van der Waals surface area contributed by atoms with Crippen molar-refractivity contribution in [2.45, 2.75) is 25.7 Å². The second-order valence-corrected chi connectivity index (χ2v) is 2.88. The molecule has 0 aromatic heterocycles. The van der Waals surface area contributed by atoms with E-state index < -0.39 is 0 Å². The Labute approximate surface area is 63.0 Å². The van der Waals surface area contributed by atoms with E-state index in [4.69, 9.17) is 12.8 Å². The van der Waals surface area contributed by atoms with Crippen LogP contribution in [0.2, 0.25) is 0 Å². The maximum absolute atomic E-state index is 5.29. The predicted molar refractivity (Wildman–Crippen MR) is 43.1 cm³/mol. The number of hydrogen-bond acceptors (Lipinski definition) is 0. The predicted octanol–water partition coefficient (Wildman–Crippen LogP) is 2.06. The number of hydrogen-bond donors (Lipinski definition) is 0. The van der Waals surface area contributed by atoms with Crippen LogP contribution in [-0.4, -0.2) is 0 Å². The van der Waals surface area contributed by atoms with Crippen LogP contribution in [0.3, 0.4) is 0 Å². The molecule has 0 nitrogen and oxygen atoms in total. The van der Waals surface area contributed by atoms with Crippen molar-refractivity contribution >= 4 is 0 Å². The van der Waals surface area contributed by atoms with Gasteiger partial charge in [0.1, 0.15) is 0 Å². The van der Waals surface area contributed by atoms with Gasteiger partial charge in [-0.15, -0.1) is 24.7 Å². The topological polar surface area (TPSA) is 0 Å². The van der Waals surface area contributed by atoms with Crippen LogP contribution in [0.25, 0.3) is 0 Å². The second-order valence-electron chi connectivity index (χ2n) is 2.88. The molecule has 52 valence electrons. The highest BCUT2D eigenvalue weighted by atomic mass is 14.2. The summed E-state index contributed by atoms with van der Waals surface area (Å²) in [6.07, 6.45) is 15.1. The first-order valence-corrected chi connectivity index (χ1v) is 3.79. The molecule has 0 bridgehead atoms. The van der Waals surface area contributed by atoms with E-state index in [0.29, 0.717) is 11.8 Å². The fourth-order valence-electron chi connectivity index (χ4n) is 1.43. The van der Waals surface area contributed by atoms with Crippen molar-refractivity contribution in [1.29, 1.82) is 0 Å². The molecule has 1 saturated carbocycles. The van der Waals surface area contributed by atoms with Crippen LogP contribution in [0.4, 0.5) is 0 Å². The Kier molecular flexibility index (Phi) is 2.41. The van der Waals surface area contributed by atoms with E-state index in [1.54, 1.807) is 0 Å². The van der Waals surface area contributed by atoms with Crippen LogP contribution in [0, 0.1) is 36.5 Å². The minimum atomic E-state index is 0.504. The number of terminal acetylenes is 2. The standard InChI is InChI=1S/C10H12/c1-3-9-5-7-10(4-2)8-6-9/h1-2,9-10H,5-8H2. The Hall–Kier alpha value is -0.880. The Morgan fingerprint density at radius 3 is 1.30 bits per heavy atom. The molecule has 0 heterocycles. The largest absolute Gasteiger partial charge is 0.120 e. The first kappa shape index (κ1) is 7.23. The lowest BCUT2D eigenvalue weighted by atomic mass is 9.83. The number of rotatable bonds is 0. The molecule has 0 aliphatic heterocycles. The Balaban J connectivity index is 2.34. The Bertz CT molecular complexity index is 147. The average molecular weight is 132 g/mol. The molecular weight excluding hydrogens is 120 g/mol. The first-order chi connectivity index (χ1) is 4.86. The summed E-state index contributed by atoms with van der Waals surface area (Å²) in [5.41, 5.74) is 0. The normalized spacial score (nSPS) is 32.2. The van der Waals surface area contributed by atoms with Gasteiger partial charge in [0, 0.05) is 11.8 Å². The van der Waals surface area contributed by atoms with E-state index in [0.717, 1.165) is 25.7 Å². The summed E-state index contributed by atoms with van der Waals surface area (Å²) >= 11 is 0. The third-order valence-corrected chi connectivity index (χ3v) is 2.20. The lowest BCUT2D eigenvalue weighted by Gasteiger charge is -2.21. The summed E-state index contributed by atoms with van der Waals surface area (Å²) < 4.78 is 0. The molecule has 0 aromatic carbocycles. The highest BCUT2D eigenvalue weighted by Gasteiger charge is 2.17. The average Bonchev–Trinajstić information content (AvgIpc) is 2.05. The van der Waals surface area contributed by atoms with Gasteiger partial charge in [-0.25, -0.2) is 0 Å². The second kappa shape index (κ2) is 3.33. The van der Waals surface area contributed by atoms with Gasteiger partial charge in [-0.2, -0.15) is 0 Å². The highest BCUT2D eigenvalue weighted by molar-refractivity contribution is 5.01. The first-order valence-electron chi connectivity index (χ1n) is 3.79. The molecule has 1 aliphatic rings. The molecule has 0 atom stereocenters. The van der Waals surface area contributed by atoms with Crippen LogP contribution >= 0.6 is 0 Å². The van der Waals surface area contributed by atoms with E-state index in [9.17, 15) is 0 Å². The summed E-state index contributed by atoms with van der Waals surface area (Å²) in [5.74, 6) is 6.57. The molecule has 0 unspecified atom stereocenters. The van der Waals surface area contributed by atoms with Crippen molar-refractivity contribution in [1.82, 2.24) is 0 Å². The minimum Gasteiger partial charge on any atom is -0.120 e. The molecule has 1 fully saturated rings. The van der Waals surface area contributed by atoms with Crippen LogP contribution in [-0.2, 0) is 0 Å². The van der Waals surface area contributed by atoms with Gasteiger partial charge in [0.05, 0.1) is 0 Å². The molecule has 0 N–H and O–H groups in total. The van der Waals surface area contributed by atoms with E-state index >= 15 is 0 Å². The summed E-state index contributed by atoms with van der Waals surface area (Å²) in [5, 5.41) is 0. The van der Waals surface area contributed by atoms with Crippen molar-refractivity contribution < 1.29 is 0 Å². The van der Waals surface area contributed by atoms with Crippen molar-refractivity contribution in [2.24, 2.45) is 11.8 Å². The minimum absolute atomic E-state index is 0.504. The molecule has 1 rings (SSSR count). The van der Waals surface area contributed by atoms with Crippen molar-refractivity contribution in [2.75, 3.05) is 0 Å². The molecule has 0 saturated heterocycles. The monoisotopic (exact) mass is 132 g/mol. The van der Waals surface area contributed by atoms with Crippen LogP contribution in [0.15, 0.2) is 0 Å². The molecule has 0 aromatic rings. The molecule has 10 heavy (non-hydrogen) atoms. The van der Waals surface area contributed by atoms with Crippen molar-refractivity contribution in [3.05, 3.63) is 0 Å². The van der Waals surface area contributed by atoms with Crippen LogP contribution < -0.4 is 0 Å². The van der Waals surface area contributed by atoms with Gasteiger partial charge in [-0.1, -0.05) is 0 Å². The molecule has 0 radical (unpaired) electrons. The lowest BCUT2D eigenvalue weighted by molar-refractivity contribution is 0.373. The smallest absolute Gasteiger partial charge is 0.0201 e. The highest BCUT2D eigenvalue weighted by Crippen LogP contribution is 2.27. The summed E-state index contributed by atoms with van der Waals surface area (Å²) in [4.78, 5) is 0. The van der Waals surface area contributed by atoms with E-state index in [1.165, 1.54) is 0 Å². The summed E-state index contributed by atoms with van der Waals surface area (Å²) in [7, 11) is 0. The molecular formula is C10H12. The maximum Gasteiger partial charge on any atom is 0.0201 e. The van der Waals surface area contributed by atoms with Crippen LogP contribution in [0.1, 0.15) is 25.7 Å². The van der Waals surface area contributed by atoms with Gasteiger partial charge in [0.2, 0.25) is 0 Å². The van der Waals surface area contributed by atoms with E-state index in [-0.39, 0.29) is 0 Å². The summed E-state index contributed by atoms with van der Waals surface area (Å²) in [6.45, 7) is 0. The fraction of sp³-hybridized carbons (Fsp3) is 0.600. The van der Waals surface area contributed by atoms with E-state index in [2.05, 4.69) is 11.8 Å². The fourth-order valence-corrected chi connectivity index (χ4v) is 1.43. The lowest BCUT2D eigenvalue weighted by Crippen LogP contribution is -2.11. The molecule has 0 spiro atoms. The Morgan fingerprint density at radius 2 is 1.10 bits per heavy atom. The molecule has 0 amide bonds. The third-order valence-electron chi connectivity index (χ3n) is 2.20. The van der Waals surface area contributed by atoms with Crippen LogP contribution in [0.5, 0.6) is 0 Å². The van der Waals surface area contributed by atoms with Gasteiger partial charge in [0.25, 0.3) is 0 Å². The van der Waals surface area contributed by atoms with E-state index in [1.807, 2.05) is 0 Å². The summed E-state index contributed by atoms with van der Waals surface area (Å²) in [6, 6.07) is 0. The van der Waals surface area contributed by atoms with Crippen molar-refractivity contribution in [3.8, 4) is 24.7 Å². The quantitative estimate of drug-likeness (QED) is 0.442. The van der Waals surface area contributed by atoms with Gasteiger partial charge < -0.3 is 0 Å². The molecule has 1 aliphatic carbocycles. The zero-order valence-electron chi connectivity index (χ0n) is 6.14. The SMILES string of the molecule is C#CC1CCC(C#C)CC1. The zero-order valence-corrected chi connectivity index (χ0v) is 6.14.